The molecule has 0 aliphatic heterocycles. The van der Waals surface area contributed by atoms with Crippen molar-refractivity contribution in [1.82, 2.24) is 10.2 Å². The summed E-state index contributed by atoms with van der Waals surface area (Å²) in [6.07, 6.45) is 2.47. The number of hydrogen-bond donors (Lipinski definition) is 1. The first-order valence-corrected chi connectivity index (χ1v) is 5.00. The lowest BCUT2D eigenvalue weighted by atomic mass is 10.1. The first kappa shape index (κ1) is 11.9. The predicted molar refractivity (Wildman–Crippen MR) is 55.5 cm³/mol. The maximum atomic E-state index is 3.18. The van der Waals surface area contributed by atoms with Gasteiger partial charge >= 0.3 is 0 Å². The van der Waals surface area contributed by atoms with Crippen LogP contribution >= 0.6 is 0 Å². The summed E-state index contributed by atoms with van der Waals surface area (Å²) in [5.41, 5.74) is 0. The molecule has 0 saturated carbocycles. The van der Waals surface area contributed by atoms with E-state index < -0.39 is 0 Å². The second kappa shape index (κ2) is 6.44. The van der Waals surface area contributed by atoms with E-state index in [1.165, 1.54) is 12.8 Å². The van der Waals surface area contributed by atoms with E-state index in [4.69, 9.17) is 0 Å². The molecule has 0 aromatic heterocycles. The summed E-state index contributed by atoms with van der Waals surface area (Å²) in [6.45, 7) is 7.94. The molecule has 0 aliphatic rings. The molecular weight excluding hydrogens is 148 g/mol. The van der Waals surface area contributed by atoms with Gasteiger partial charge in [-0.2, -0.15) is 0 Å². The van der Waals surface area contributed by atoms with Gasteiger partial charge in [0, 0.05) is 12.1 Å². The third kappa shape index (κ3) is 4.07. The molecule has 0 heterocycles. The molecule has 0 bridgehead atoms. The van der Waals surface area contributed by atoms with Crippen molar-refractivity contribution in [3.63, 3.8) is 0 Å². The molecule has 2 atom stereocenters. The van der Waals surface area contributed by atoms with Crippen LogP contribution in [0.3, 0.4) is 0 Å². The zero-order valence-corrected chi connectivity index (χ0v) is 9.22. The van der Waals surface area contributed by atoms with Crippen LogP contribution in [0.4, 0.5) is 0 Å². The minimum absolute atomic E-state index is 0.687. The summed E-state index contributed by atoms with van der Waals surface area (Å²) in [5, 5.41) is 3.18. The minimum Gasteiger partial charge on any atom is -0.320 e. The summed E-state index contributed by atoms with van der Waals surface area (Å²) >= 11 is 0. The molecule has 0 saturated heterocycles. The SMILES string of the molecule is CCC(C)N(C)C(C)CCNC. The van der Waals surface area contributed by atoms with Crippen LogP contribution in [0.15, 0.2) is 0 Å². The average Bonchev–Trinajstić information content (AvgIpc) is 2.11. The van der Waals surface area contributed by atoms with E-state index >= 15 is 0 Å². The van der Waals surface area contributed by atoms with Gasteiger partial charge in [-0.3, -0.25) is 0 Å². The Bertz CT molecular complexity index is 104. The van der Waals surface area contributed by atoms with Gasteiger partial charge in [0.25, 0.3) is 0 Å². The monoisotopic (exact) mass is 172 g/mol. The maximum Gasteiger partial charge on any atom is 0.00787 e. The first-order chi connectivity index (χ1) is 5.63. The molecular formula is C10H24N2. The van der Waals surface area contributed by atoms with Crippen molar-refractivity contribution >= 4 is 0 Å². The van der Waals surface area contributed by atoms with Gasteiger partial charge in [-0.05, 0) is 47.3 Å². The van der Waals surface area contributed by atoms with Crippen molar-refractivity contribution in [2.75, 3.05) is 20.6 Å². The predicted octanol–water partition coefficient (Wildman–Crippen LogP) is 1.71. The molecule has 74 valence electrons. The second-order valence-corrected chi connectivity index (χ2v) is 3.66. The number of nitrogens with zero attached hydrogens (tertiary/aromatic N) is 1. The lowest BCUT2D eigenvalue weighted by Crippen LogP contribution is -2.37. The molecule has 0 aliphatic carbocycles. The normalized spacial score (nSPS) is 16.5. The molecule has 0 fully saturated rings. The molecule has 0 aromatic rings. The highest BCUT2D eigenvalue weighted by atomic mass is 15.1. The van der Waals surface area contributed by atoms with Gasteiger partial charge in [-0.15, -0.1) is 0 Å². The van der Waals surface area contributed by atoms with Gasteiger partial charge < -0.3 is 10.2 Å². The van der Waals surface area contributed by atoms with Gasteiger partial charge in [0.15, 0.2) is 0 Å². The van der Waals surface area contributed by atoms with Crippen LogP contribution < -0.4 is 5.32 Å². The lowest BCUT2D eigenvalue weighted by Gasteiger charge is -2.30. The van der Waals surface area contributed by atoms with Gasteiger partial charge in [0.2, 0.25) is 0 Å². The Kier molecular flexibility index (Phi) is 6.39. The van der Waals surface area contributed by atoms with Gasteiger partial charge in [0.05, 0.1) is 0 Å². The van der Waals surface area contributed by atoms with Gasteiger partial charge in [0.1, 0.15) is 0 Å². The maximum absolute atomic E-state index is 3.18. The van der Waals surface area contributed by atoms with E-state index in [1.807, 2.05) is 7.05 Å². The topological polar surface area (TPSA) is 15.3 Å². The quantitative estimate of drug-likeness (QED) is 0.656. The van der Waals surface area contributed by atoms with Gasteiger partial charge in [-0.25, -0.2) is 0 Å². The van der Waals surface area contributed by atoms with Gasteiger partial charge in [-0.1, -0.05) is 6.92 Å². The molecule has 0 radical (unpaired) electrons. The Balaban J connectivity index is 3.67. The van der Waals surface area contributed by atoms with E-state index in [0.717, 1.165) is 6.54 Å². The van der Waals surface area contributed by atoms with E-state index in [0.29, 0.717) is 12.1 Å². The van der Waals surface area contributed by atoms with Crippen LogP contribution in [-0.4, -0.2) is 37.6 Å². The molecule has 12 heavy (non-hydrogen) atoms. The molecule has 0 spiro atoms. The second-order valence-electron chi connectivity index (χ2n) is 3.66. The minimum atomic E-state index is 0.687. The standard InChI is InChI=1S/C10H24N2/c1-6-9(2)12(5)10(3)7-8-11-4/h9-11H,6-8H2,1-5H3. The summed E-state index contributed by atoms with van der Waals surface area (Å²) < 4.78 is 0. The molecule has 2 unspecified atom stereocenters. The fourth-order valence-electron chi connectivity index (χ4n) is 1.28. The molecule has 1 N–H and O–H groups in total. The smallest absolute Gasteiger partial charge is 0.00787 e. The zero-order valence-electron chi connectivity index (χ0n) is 9.22. The fourth-order valence-corrected chi connectivity index (χ4v) is 1.28. The van der Waals surface area contributed by atoms with Crippen molar-refractivity contribution in [2.24, 2.45) is 0 Å². The van der Waals surface area contributed by atoms with Crippen LogP contribution in [0.2, 0.25) is 0 Å². The lowest BCUT2D eigenvalue weighted by molar-refractivity contribution is 0.183. The van der Waals surface area contributed by atoms with Crippen LogP contribution in [0.5, 0.6) is 0 Å². The molecule has 2 heteroatoms. The van der Waals surface area contributed by atoms with Crippen LogP contribution in [0, 0.1) is 0 Å². The Hall–Kier alpha value is -0.0800. The van der Waals surface area contributed by atoms with E-state index in [2.05, 4.69) is 38.0 Å². The Morgan fingerprint density at radius 2 is 1.83 bits per heavy atom. The fraction of sp³-hybridized carbons (Fsp3) is 1.00. The van der Waals surface area contributed by atoms with Crippen LogP contribution in [0.1, 0.15) is 33.6 Å². The Labute approximate surface area is 77.3 Å². The van der Waals surface area contributed by atoms with Crippen molar-refractivity contribution in [1.29, 1.82) is 0 Å². The van der Waals surface area contributed by atoms with Crippen molar-refractivity contribution in [2.45, 2.75) is 45.7 Å². The molecule has 0 amide bonds. The van der Waals surface area contributed by atoms with Crippen molar-refractivity contribution in [3.8, 4) is 0 Å². The number of hydrogen-bond acceptors (Lipinski definition) is 2. The summed E-state index contributed by atoms with van der Waals surface area (Å²) in [4.78, 5) is 2.46. The highest BCUT2D eigenvalue weighted by Gasteiger charge is 2.12. The van der Waals surface area contributed by atoms with Crippen LogP contribution in [0.25, 0.3) is 0 Å². The highest BCUT2D eigenvalue weighted by molar-refractivity contribution is 4.69. The van der Waals surface area contributed by atoms with Crippen molar-refractivity contribution in [3.05, 3.63) is 0 Å². The number of nitrogens with one attached hydrogen (secondary N) is 1. The zero-order chi connectivity index (χ0) is 9.56. The third-order valence-electron chi connectivity index (χ3n) is 2.79. The van der Waals surface area contributed by atoms with Crippen LogP contribution in [-0.2, 0) is 0 Å². The molecule has 0 rings (SSSR count). The summed E-state index contributed by atoms with van der Waals surface area (Å²) in [6, 6.07) is 1.39. The Morgan fingerprint density at radius 1 is 1.25 bits per heavy atom. The van der Waals surface area contributed by atoms with E-state index in [1.54, 1.807) is 0 Å². The molecule has 0 aromatic carbocycles. The number of rotatable bonds is 6. The van der Waals surface area contributed by atoms with E-state index in [-0.39, 0.29) is 0 Å². The van der Waals surface area contributed by atoms with E-state index in [9.17, 15) is 0 Å². The van der Waals surface area contributed by atoms with Crippen molar-refractivity contribution < 1.29 is 0 Å². The first-order valence-electron chi connectivity index (χ1n) is 5.00. The molecule has 2 nitrogen and oxygen atoms in total. The highest BCUT2D eigenvalue weighted by Crippen LogP contribution is 2.07. The summed E-state index contributed by atoms with van der Waals surface area (Å²) in [7, 11) is 4.23. The largest absolute Gasteiger partial charge is 0.320 e. The summed E-state index contributed by atoms with van der Waals surface area (Å²) in [5.74, 6) is 0. The average molecular weight is 172 g/mol. The third-order valence-corrected chi connectivity index (χ3v) is 2.79. The Morgan fingerprint density at radius 3 is 2.25 bits per heavy atom.